The molecule has 1 unspecified atom stereocenters. The normalized spacial score (nSPS) is 11.6. The summed E-state index contributed by atoms with van der Waals surface area (Å²) in [6, 6.07) is 0. The van der Waals surface area contributed by atoms with E-state index < -0.39 is 5.97 Å². The van der Waals surface area contributed by atoms with E-state index in [2.05, 4.69) is 6.92 Å². The number of rotatable bonds is 11. The van der Waals surface area contributed by atoms with Crippen molar-refractivity contribution in [2.24, 2.45) is 0 Å². The van der Waals surface area contributed by atoms with E-state index in [1.807, 2.05) is 0 Å². The van der Waals surface area contributed by atoms with Gasteiger partial charge in [0.1, 0.15) is 0 Å². The van der Waals surface area contributed by atoms with Gasteiger partial charge in [-0.15, -0.1) is 0 Å². The number of aliphatic carboxylic acids is 1. The molecule has 1 atom stereocenters. The summed E-state index contributed by atoms with van der Waals surface area (Å²) in [5.41, 5.74) is 0. The molecule has 0 aromatic heterocycles. The number of aliphatic hydroxyl groups excluding tert-OH is 3. The zero-order chi connectivity index (χ0) is 14.9. The second-order valence-corrected chi connectivity index (χ2v) is 4.59. The Morgan fingerprint density at radius 1 is 0.947 bits per heavy atom. The highest BCUT2D eigenvalue weighted by molar-refractivity contribution is 5.66. The first-order chi connectivity index (χ1) is 9.08. The third-order valence-electron chi connectivity index (χ3n) is 2.67. The lowest BCUT2D eigenvalue weighted by molar-refractivity contribution is -0.137. The zero-order valence-electron chi connectivity index (χ0n) is 12.1. The number of unbranched alkanes of at least 4 members (excludes halogenated alkanes) is 4. The molecule has 19 heavy (non-hydrogen) atoms. The molecular formula is C14H30O5. The van der Waals surface area contributed by atoms with Gasteiger partial charge in [0.15, 0.2) is 0 Å². The van der Waals surface area contributed by atoms with Crippen LogP contribution < -0.4 is 0 Å². The van der Waals surface area contributed by atoms with Gasteiger partial charge in [-0.1, -0.05) is 39.0 Å². The van der Waals surface area contributed by atoms with E-state index in [1.54, 1.807) is 0 Å². The minimum Gasteiger partial charge on any atom is -0.481 e. The molecule has 0 saturated carbocycles. The molecule has 0 aromatic carbocycles. The van der Waals surface area contributed by atoms with Crippen LogP contribution >= 0.6 is 0 Å². The van der Waals surface area contributed by atoms with Crippen molar-refractivity contribution < 1.29 is 25.2 Å². The molecule has 4 N–H and O–H groups in total. The molecule has 116 valence electrons. The van der Waals surface area contributed by atoms with Crippen LogP contribution in [0.3, 0.4) is 0 Å². The van der Waals surface area contributed by atoms with Crippen LogP contribution in [0.1, 0.15) is 64.7 Å². The fraction of sp³-hybridized carbons (Fsp3) is 0.929. The molecule has 5 heteroatoms. The van der Waals surface area contributed by atoms with E-state index in [0.717, 1.165) is 12.8 Å². The Morgan fingerprint density at radius 2 is 1.47 bits per heavy atom. The zero-order valence-corrected chi connectivity index (χ0v) is 12.1. The molecule has 5 nitrogen and oxygen atoms in total. The summed E-state index contributed by atoms with van der Waals surface area (Å²) in [5, 5.41) is 33.2. The first-order valence-electron chi connectivity index (χ1n) is 7.20. The van der Waals surface area contributed by atoms with Crippen molar-refractivity contribution in [1.82, 2.24) is 0 Å². The fourth-order valence-corrected chi connectivity index (χ4v) is 1.62. The Morgan fingerprint density at radius 3 is 1.95 bits per heavy atom. The van der Waals surface area contributed by atoms with E-state index in [4.69, 9.17) is 15.3 Å². The standard InChI is InChI=1S/C12H24O3.C2H6O2/c1-2-3-4-5-6-8-11(13)9-7-10-12(14)15;3-1-2-4/h11,13H,2-10H2,1H3,(H,14,15);3-4H,1-2H2. The largest absolute Gasteiger partial charge is 0.481 e. The lowest BCUT2D eigenvalue weighted by atomic mass is 10.0. The summed E-state index contributed by atoms with van der Waals surface area (Å²) in [4.78, 5) is 10.2. The van der Waals surface area contributed by atoms with Gasteiger partial charge in [0.25, 0.3) is 0 Å². The quantitative estimate of drug-likeness (QED) is 0.433. The van der Waals surface area contributed by atoms with Gasteiger partial charge in [0.05, 0.1) is 19.3 Å². The van der Waals surface area contributed by atoms with Gasteiger partial charge in [-0.05, 0) is 19.3 Å². The van der Waals surface area contributed by atoms with Crippen LogP contribution in [0, 0.1) is 0 Å². The number of carbonyl (C=O) groups is 1. The maximum Gasteiger partial charge on any atom is 0.303 e. The average molecular weight is 278 g/mol. The van der Waals surface area contributed by atoms with E-state index in [9.17, 15) is 9.90 Å². The molecule has 0 rings (SSSR count). The predicted molar refractivity (Wildman–Crippen MR) is 75.0 cm³/mol. The lowest BCUT2D eigenvalue weighted by Gasteiger charge is -2.09. The fourth-order valence-electron chi connectivity index (χ4n) is 1.62. The molecule has 0 amide bonds. The summed E-state index contributed by atoms with van der Waals surface area (Å²) >= 11 is 0. The molecule has 0 aromatic rings. The maximum atomic E-state index is 10.2. The first kappa shape index (κ1) is 20.7. The number of carboxylic acids is 1. The minimum atomic E-state index is -0.773. The monoisotopic (exact) mass is 278 g/mol. The SMILES string of the molecule is CCCCCCCC(O)CCCC(=O)O.OCCO. The van der Waals surface area contributed by atoms with E-state index >= 15 is 0 Å². The van der Waals surface area contributed by atoms with Crippen LogP contribution in [0.2, 0.25) is 0 Å². The maximum absolute atomic E-state index is 10.2. The van der Waals surface area contributed by atoms with Gasteiger partial charge < -0.3 is 20.4 Å². The molecule has 0 aliphatic rings. The van der Waals surface area contributed by atoms with Crippen molar-refractivity contribution in [3.05, 3.63) is 0 Å². The Balaban J connectivity index is 0. The molecule has 0 spiro atoms. The van der Waals surface area contributed by atoms with Crippen molar-refractivity contribution >= 4 is 5.97 Å². The smallest absolute Gasteiger partial charge is 0.303 e. The number of carboxylic acid groups (broad SMARTS) is 1. The van der Waals surface area contributed by atoms with Gasteiger partial charge in [-0.3, -0.25) is 4.79 Å². The van der Waals surface area contributed by atoms with Crippen LogP contribution in [0.15, 0.2) is 0 Å². The number of hydrogen-bond acceptors (Lipinski definition) is 4. The molecule has 0 aliphatic carbocycles. The summed E-state index contributed by atoms with van der Waals surface area (Å²) < 4.78 is 0. The average Bonchev–Trinajstić information content (AvgIpc) is 2.38. The van der Waals surface area contributed by atoms with Crippen LogP contribution in [0.4, 0.5) is 0 Å². The van der Waals surface area contributed by atoms with Crippen LogP contribution in [-0.4, -0.2) is 45.7 Å². The van der Waals surface area contributed by atoms with Gasteiger partial charge in [-0.2, -0.15) is 0 Å². The van der Waals surface area contributed by atoms with Crippen molar-refractivity contribution in [1.29, 1.82) is 0 Å². The van der Waals surface area contributed by atoms with Crippen LogP contribution in [-0.2, 0) is 4.79 Å². The molecule has 0 radical (unpaired) electrons. The van der Waals surface area contributed by atoms with Crippen molar-refractivity contribution in [2.45, 2.75) is 70.8 Å². The van der Waals surface area contributed by atoms with E-state index in [1.165, 1.54) is 25.7 Å². The Hall–Kier alpha value is -0.650. The summed E-state index contributed by atoms with van der Waals surface area (Å²) in [5.74, 6) is -0.773. The summed E-state index contributed by atoms with van der Waals surface area (Å²) in [6.07, 6.45) is 7.92. The number of aliphatic hydroxyl groups is 3. The number of hydrogen-bond donors (Lipinski definition) is 4. The highest BCUT2D eigenvalue weighted by Gasteiger charge is 2.05. The second kappa shape index (κ2) is 17.4. The van der Waals surface area contributed by atoms with Crippen molar-refractivity contribution in [3.63, 3.8) is 0 Å². The molecular weight excluding hydrogens is 248 g/mol. The Kier molecular flexibility index (Phi) is 18.9. The molecule has 0 aliphatic heterocycles. The van der Waals surface area contributed by atoms with Crippen LogP contribution in [0.5, 0.6) is 0 Å². The second-order valence-electron chi connectivity index (χ2n) is 4.59. The minimum absolute atomic E-state index is 0.125. The van der Waals surface area contributed by atoms with Gasteiger partial charge in [0, 0.05) is 6.42 Å². The first-order valence-corrected chi connectivity index (χ1v) is 7.20. The highest BCUT2D eigenvalue weighted by Crippen LogP contribution is 2.11. The van der Waals surface area contributed by atoms with Gasteiger partial charge in [0.2, 0.25) is 0 Å². The molecule has 0 saturated heterocycles. The third-order valence-corrected chi connectivity index (χ3v) is 2.67. The lowest BCUT2D eigenvalue weighted by Crippen LogP contribution is -2.07. The summed E-state index contributed by atoms with van der Waals surface area (Å²) in [7, 11) is 0. The molecule has 0 heterocycles. The van der Waals surface area contributed by atoms with E-state index in [0.29, 0.717) is 12.8 Å². The Bertz CT molecular complexity index is 183. The van der Waals surface area contributed by atoms with Gasteiger partial charge in [-0.25, -0.2) is 0 Å². The Labute approximate surface area is 116 Å². The van der Waals surface area contributed by atoms with Crippen LogP contribution in [0.25, 0.3) is 0 Å². The molecule has 0 bridgehead atoms. The summed E-state index contributed by atoms with van der Waals surface area (Å²) in [6.45, 7) is 1.93. The topological polar surface area (TPSA) is 98.0 Å². The molecule has 0 fully saturated rings. The predicted octanol–water partition coefficient (Wildman–Crippen LogP) is 1.93. The van der Waals surface area contributed by atoms with Gasteiger partial charge >= 0.3 is 5.97 Å². The third kappa shape index (κ3) is 22.9. The van der Waals surface area contributed by atoms with E-state index in [-0.39, 0.29) is 25.7 Å². The highest BCUT2D eigenvalue weighted by atomic mass is 16.4. The van der Waals surface area contributed by atoms with Crippen molar-refractivity contribution in [3.8, 4) is 0 Å². The van der Waals surface area contributed by atoms with Crippen molar-refractivity contribution in [2.75, 3.05) is 13.2 Å².